The van der Waals surface area contributed by atoms with Crippen molar-refractivity contribution >= 4 is 11.8 Å². The molecule has 2 heterocycles. The zero-order chi connectivity index (χ0) is 19.5. The molecule has 4 bridgehead atoms. The molecule has 0 radical (unpaired) electrons. The van der Waals surface area contributed by atoms with E-state index in [0.29, 0.717) is 6.42 Å². The van der Waals surface area contributed by atoms with Crippen LogP contribution in [0.15, 0.2) is 5.10 Å². The standard InChI is InChI=1S/C20H28F3N3O2/c21-20(22,23)18(27)28-26-17-4-2-1-3-5-25(17)16(24-26)12-19-9-13-6-14(10-19)8-15(7-13)11-19/h13-15,17H,1-12H2. The van der Waals surface area contributed by atoms with Crippen molar-refractivity contribution in [3.8, 4) is 0 Å². The molecule has 4 aliphatic carbocycles. The van der Waals surface area contributed by atoms with E-state index in [1.54, 1.807) is 0 Å². The number of halogens is 3. The third kappa shape index (κ3) is 3.26. The van der Waals surface area contributed by atoms with Gasteiger partial charge in [0.2, 0.25) is 0 Å². The third-order valence-electron chi connectivity index (χ3n) is 7.63. The Balaban J connectivity index is 1.37. The molecular formula is C20H28F3N3O2. The lowest BCUT2D eigenvalue weighted by molar-refractivity contribution is -0.250. The van der Waals surface area contributed by atoms with Gasteiger partial charge in [-0.3, -0.25) is 0 Å². The molecule has 0 aromatic heterocycles. The molecule has 0 aromatic carbocycles. The fourth-order valence-electron chi connectivity index (χ4n) is 7.06. The minimum absolute atomic E-state index is 0.245. The molecule has 6 aliphatic rings. The fourth-order valence-corrected chi connectivity index (χ4v) is 7.06. The van der Waals surface area contributed by atoms with Gasteiger partial charge < -0.3 is 9.74 Å². The second-order valence-corrected chi connectivity index (χ2v) is 9.81. The first-order valence-electron chi connectivity index (χ1n) is 10.7. The normalized spacial score (nSPS) is 39.6. The maximum Gasteiger partial charge on any atom is 0.493 e. The van der Waals surface area contributed by atoms with Gasteiger partial charge in [0.05, 0.1) is 0 Å². The molecule has 1 atom stereocenters. The predicted molar refractivity (Wildman–Crippen MR) is 95.6 cm³/mol. The van der Waals surface area contributed by atoms with E-state index in [0.717, 1.165) is 61.0 Å². The second-order valence-electron chi connectivity index (χ2n) is 9.81. The SMILES string of the molecule is O=C(ON1N=C(CC23CC4CC(CC(C4)C2)C3)N2CCCCCC12)C(F)(F)F. The van der Waals surface area contributed by atoms with Crippen LogP contribution in [-0.2, 0) is 9.63 Å². The molecule has 1 unspecified atom stereocenters. The summed E-state index contributed by atoms with van der Waals surface area (Å²) in [5.41, 5.74) is 0.245. The van der Waals surface area contributed by atoms with Gasteiger partial charge >= 0.3 is 12.1 Å². The molecule has 0 aromatic rings. The van der Waals surface area contributed by atoms with Gasteiger partial charge in [0, 0.05) is 13.0 Å². The van der Waals surface area contributed by atoms with E-state index < -0.39 is 18.3 Å². The summed E-state index contributed by atoms with van der Waals surface area (Å²) in [5.74, 6) is 1.09. The Labute approximate surface area is 163 Å². The molecule has 2 aliphatic heterocycles. The van der Waals surface area contributed by atoms with Crippen LogP contribution in [0.3, 0.4) is 0 Å². The Kier molecular flexibility index (Phi) is 4.32. The average Bonchev–Trinajstić information content (AvgIpc) is 2.77. The monoisotopic (exact) mass is 399 g/mol. The van der Waals surface area contributed by atoms with Crippen molar-refractivity contribution in [2.24, 2.45) is 28.3 Å². The van der Waals surface area contributed by atoms with E-state index in [1.807, 2.05) is 0 Å². The first-order chi connectivity index (χ1) is 13.3. The molecule has 156 valence electrons. The van der Waals surface area contributed by atoms with Gasteiger partial charge in [-0.25, -0.2) is 4.79 Å². The molecule has 0 N–H and O–H groups in total. The van der Waals surface area contributed by atoms with Gasteiger partial charge in [0.15, 0.2) is 6.17 Å². The van der Waals surface area contributed by atoms with Crippen molar-refractivity contribution in [1.82, 2.24) is 10.1 Å². The zero-order valence-electron chi connectivity index (χ0n) is 16.1. The maximum absolute atomic E-state index is 12.7. The van der Waals surface area contributed by atoms with E-state index in [-0.39, 0.29) is 5.41 Å². The predicted octanol–water partition coefficient (Wildman–Crippen LogP) is 4.44. The summed E-state index contributed by atoms with van der Waals surface area (Å²) in [4.78, 5) is 18.2. The van der Waals surface area contributed by atoms with Crippen molar-refractivity contribution in [3.05, 3.63) is 0 Å². The van der Waals surface area contributed by atoms with Crippen LogP contribution >= 0.6 is 0 Å². The van der Waals surface area contributed by atoms with E-state index >= 15 is 0 Å². The highest BCUT2D eigenvalue weighted by molar-refractivity contribution is 5.84. The van der Waals surface area contributed by atoms with E-state index in [1.165, 1.54) is 38.5 Å². The van der Waals surface area contributed by atoms with Gasteiger partial charge in [0.1, 0.15) is 5.84 Å². The molecule has 0 spiro atoms. The molecule has 1 saturated heterocycles. The number of nitrogens with zero attached hydrogens (tertiary/aromatic N) is 3. The Bertz CT molecular complexity index is 643. The summed E-state index contributed by atoms with van der Waals surface area (Å²) < 4.78 is 38.2. The van der Waals surface area contributed by atoms with Crippen LogP contribution in [0.1, 0.15) is 70.6 Å². The number of carbonyl (C=O) groups is 1. The van der Waals surface area contributed by atoms with Crippen LogP contribution in [0.25, 0.3) is 0 Å². The Morgan fingerprint density at radius 2 is 1.71 bits per heavy atom. The van der Waals surface area contributed by atoms with Crippen molar-refractivity contribution < 1.29 is 22.8 Å². The summed E-state index contributed by atoms with van der Waals surface area (Å²) in [5, 5.41) is 5.39. The number of hydroxylamine groups is 1. The molecule has 5 fully saturated rings. The highest BCUT2D eigenvalue weighted by Crippen LogP contribution is 2.61. The van der Waals surface area contributed by atoms with Gasteiger partial charge in [-0.1, -0.05) is 11.6 Å². The number of carbonyl (C=O) groups excluding carboxylic acids is 1. The van der Waals surface area contributed by atoms with Crippen LogP contribution in [0.2, 0.25) is 0 Å². The van der Waals surface area contributed by atoms with Crippen LogP contribution in [0.4, 0.5) is 13.2 Å². The van der Waals surface area contributed by atoms with Crippen LogP contribution in [-0.4, -0.2) is 40.8 Å². The molecule has 28 heavy (non-hydrogen) atoms. The number of rotatable bonds is 3. The molecule has 5 nitrogen and oxygen atoms in total. The Morgan fingerprint density at radius 3 is 2.32 bits per heavy atom. The molecule has 4 saturated carbocycles. The summed E-state index contributed by atoms with van der Waals surface area (Å²) in [6.07, 6.45) is 6.75. The van der Waals surface area contributed by atoms with Crippen molar-refractivity contribution in [2.45, 2.75) is 83.0 Å². The minimum atomic E-state index is -5.01. The highest BCUT2D eigenvalue weighted by atomic mass is 19.4. The number of fused-ring (bicyclic) bond motifs is 1. The largest absolute Gasteiger partial charge is 0.493 e. The van der Waals surface area contributed by atoms with Crippen LogP contribution in [0.5, 0.6) is 0 Å². The lowest BCUT2D eigenvalue weighted by Gasteiger charge is -2.57. The number of alkyl halides is 3. The summed E-state index contributed by atoms with van der Waals surface area (Å²) in [6.45, 7) is 0.774. The first-order valence-corrected chi connectivity index (χ1v) is 10.7. The lowest BCUT2D eigenvalue weighted by atomic mass is 9.49. The minimum Gasteiger partial charge on any atom is -0.334 e. The third-order valence-corrected chi connectivity index (χ3v) is 7.63. The number of amidine groups is 1. The number of hydrogen-bond acceptors (Lipinski definition) is 5. The summed E-state index contributed by atoms with van der Waals surface area (Å²) in [6, 6.07) is 0. The summed E-state index contributed by atoms with van der Waals surface area (Å²) in [7, 11) is 0. The molecular weight excluding hydrogens is 371 g/mol. The smallest absolute Gasteiger partial charge is 0.334 e. The number of hydrazone groups is 1. The maximum atomic E-state index is 12.7. The van der Waals surface area contributed by atoms with Crippen molar-refractivity contribution in [1.29, 1.82) is 0 Å². The van der Waals surface area contributed by atoms with E-state index in [2.05, 4.69) is 10.0 Å². The number of hydrogen-bond donors (Lipinski definition) is 0. The second kappa shape index (κ2) is 6.52. The first kappa shape index (κ1) is 18.6. The Hall–Kier alpha value is -1.47. The van der Waals surface area contributed by atoms with Crippen LogP contribution < -0.4 is 0 Å². The average molecular weight is 399 g/mol. The van der Waals surface area contributed by atoms with Gasteiger partial charge in [0.25, 0.3) is 0 Å². The van der Waals surface area contributed by atoms with Gasteiger partial charge in [-0.15, -0.1) is 5.10 Å². The van der Waals surface area contributed by atoms with Crippen LogP contribution in [0, 0.1) is 23.2 Å². The van der Waals surface area contributed by atoms with Crippen molar-refractivity contribution in [3.63, 3.8) is 0 Å². The molecule has 8 heteroatoms. The lowest BCUT2D eigenvalue weighted by Crippen LogP contribution is -2.49. The quantitative estimate of drug-likeness (QED) is 0.704. The van der Waals surface area contributed by atoms with Gasteiger partial charge in [-0.2, -0.15) is 13.2 Å². The van der Waals surface area contributed by atoms with Crippen molar-refractivity contribution in [2.75, 3.05) is 6.54 Å². The van der Waals surface area contributed by atoms with E-state index in [9.17, 15) is 18.0 Å². The van der Waals surface area contributed by atoms with E-state index in [4.69, 9.17) is 4.84 Å². The Morgan fingerprint density at radius 1 is 1.07 bits per heavy atom. The zero-order valence-corrected chi connectivity index (χ0v) is 16.1. The molecule has 6 rings (SSSR count). The molecule has 0 amide bonds. The van der Waals surface area contributed by atoms with Gasteiger partial charge in [-0.05, 0) is 81.0 Å². The summed E-state index contributed by atoms with van der Waals surface area (Å²) >= 11 is 0. The highest BCUT2D eigenvalue weighted by Gasteiger charge is 2.53. The fraction of sp³-hybridized carbons (Fsp3) is 0.900. The topological polar surface area (TPSA) is 45.1 Å².